The maximum atomic E-state index is 11.5. The molecule has 0 aromatic heterocycles. The Labute approximate surface area is 124 Å². The number of hydrogen-bond acceptors (Lipinski definition) is 2. The van der Waals surface area contributed by atoms with Crippen LogP contribution < -0.4 is 10.2 Å². The molecule has 0 atom stereocenters. The molecule has 0 bridgehead atoms. The van der Waals surface area contributed by atoms with Gasteiger partial charge >= 0.3 is 0 Å². The van der Waals surface area contributed by atoms with Gasteiger partial charge in [-0.1, -0.05) is 34.1 Å². The van der Waals surface area contributed by atoms with E-state index in [4.69, 9.17) is 0 Å². The summed E-state index contributed by atoms with van der Waals surface area (Å²) in [6, 6.07) is 10.3. The van der Waals surface area contributed by atoms with Gasteiger partial charge in [0.1, 0.15) is 0 Å². The fourth-order valence-corrected chi connectivity index (χ4v) is 2.22. The molecule has 0 saturated carbocycles. The van der Waals surface area contributed by atoms with E-state index < -0.39 is 0 Å². The number of amides is 1. The van der Waals surface area contributed by atoms with Gasteiger partial charge in [0, 0.05) is 37.6 Å². The van der Waals surface area contributed by atoms with Crippen LogP contribution in [0.15, 0.2) is 30.3 Å². The molecule has 0 aliphatic heterocycles. The molecule has 1 rings (SSSR count). The number of unbranched alkanes of at least 4 members (excludes halogenated alkanes) is 1. The van der Waals surface area contributed by atoms with Crippen molar-refractivity contribution >= 4 is 27.5 Å². The van der Waals surface area contributed by atoms with Gasteiger partial charge in [-0.25, -0.2) is 0 Å². The van der Waals surface area contributed by atoms with Gasteiger partial charge in [-0.3, -0.25) is 4.79 Å². The van der Waals surface area contributed by atoms with E-state index in [1.807, 2.05) is 18.2 Å². The summed E-state index contributed by atoms with van der Waals surface area (Å²) >= 11 is 3.36. The molecule has 1 amide bonds. The van der Waals surface area contributed by atoms with Crippen molar-refractivity contribution in [2.75, 3.05) is 30.4 Å². The standard InChI is InChI=1S/C15H23BrN2O/c1-18(14-8-3-2-4-9-14)13-7-12-17-15(19)10-5-6-11-16/h2-4,8-9H,5-7,10-13H2,1H3,(H,17,19). The Hall–Kier alpha value is -1.03. The van der Waals surface area contributed by atoms with E-state index in [0.29, 0.717) is 6.42 Å². The molecular weight excluding hydrogens is 304 g/mol. The normalized spacial score (nSPS) is 10.2. The van der Waals surface area contributed by atoms with Crippen LogP contribution in [-0.4, -0.2) is 31.4 Å². The summed E-state index contributed by atoms with van der Waals surface area (Å²) in [5.41, 5.74) is 1.21. The van der Waals surface area contributed by atoms with Gasteiger partial charge < -0.3 is 10.2 Å². The minimum absolute atomic E-state index is 0.170. The zero-order chi connectivity index (χ0) is 13.9. The third-order valence-corrected chi connectivity index (χ3v) is 3.54. The molecule has 3 nitrogen and oxygen atoms in total. The average molecular weight is 327 g/mol. The second-order valence-electron chi connectivity index (χ2n) is 4.61. The van der Waals surface area contributed by atoms with E-state index in [-0.39, 0.29) is 5.91 Å². The van der Waals surface area contributed by atoms with Gasteiger partial charge in [-0.2, -0.15) is 0 Å². The molecule has 1 aromatic carbocycles. The largest absolute Gasteiger partial charge is 0.375 e. The van der Waals surface area contributed by atoms with Crippen LogP contribution in [-0.2, 0) is 4.79 Å². The predicted molar refractivity (Wildman–Crippen MR) is 85.0 cm³/mol. The van der Waals surface area contributed by atoms with Crippen LogP contribution in [0.25, 0.3) is 0 Å². The molecule has 1 aromatic rings. The zero-order valence-corrected chi connectivity index (χ0v) is 13.2. The number of hydrogen-bond donors (Lipinski definition) is 1. The first kappa shape index (κ1) is 16.0. The minimum Gasteiger partial charge on any atom is -0.375 e. The molecule has 0 unspecified atom stereocenters. The lowest BCUT2D eigenvalue weighted by atomic mass is 10.2. The second-order valence-corrected chi connectivity index (χ2v) is 5.40. The highest BCUT2D eigenvalue weighted by Gasteiger charge is 2.02. The lowest BCUT2D eigenvalue weighted by Gasteiger charge is -2.19. The number of nitrogens with one attached hydrogen (secondary N) is 1. The number of benzene rings is 1. The topological polar surface area (TPSA) is 32.3 Å². The fourth-order valence-electron chi connectivity index (χ4n) is 1.82. The van der Waals surface area contributed by atoms with Crippen LogP contribution in [0.2, 0.25) is 0 Å². The Morgan fingerprint density at radius 1 is 1.21 bits per heavy atom. The van der Waals surface area contributed by atoms with E-state index in [1.165, 1.54) is 5.69 Å². The summed E-state index contributed by atoms with van der Waals surface area (Å²) < 4.78 is 0. The Balaban J connectivity index is 2.09. The highest BCUT2D eigenvalue weighted by Crippen LogP contribution is 2.10. The third-order valence-electron chi connectivity index (χ3n) is 2.98. The second kappa shape index (κ2) is 9.84. The summed E-state index contributed by atoms with van der Waals surface area (Å²) in [6.07, 6.45) is 3.63. The minimum atomic E-state index is 0.170. The van der Waals surface area contributed by atoms with E-state index in [1.54, 1.807) is 0 Å². The number of rotatable bonds is 9. The maximum Gasteiger partial charge on any atom is 0.219 e. The number of para-hydroxylation sites is 1. The van der Waals surface area contributed by atoms with Crippen molar-refractivity contribution in [1.29, 1.82) is 0 Å². The lowest BCUT2D eigenvalue weighted by molar-refractivity contribution is -0.121. The van der Waals surface area contributed by atoms with Crippen molar-refractivity contribution in [1.82, 2.24) is 5.32 Å². The summed E-state index contributed by atoms with van der Waals surface area (Å²) in [5.74, 6) is 0.170. The van der Waals surface area contributed by atoms with Crippen LogP contribution in [0.5, 0.6) is 0 Å². The summed E-state index contributed by atoms with van der Waals surface area (Å²) in [4.78, 5) is 13.7. The molecule has 0 fully saturated rings. The summed E-state index contributed by atoms with van der Waals surface area (Å²) in [6.45, 7) is 1.70. The molecule has 0 spiro atoms. The number of carbonyl (C=O) groups is 1. The lowest BCUT2D eigenvalue weighted by Crippen LogP contribution is -2.27. The monoisotopic (exact) mass is 326 g/mol. The van der Waals surface area contributed by atoms with Crippen LogP contribution >= 0.6 is 15.9 Å². The predicted octanol–water partition coefficient (Wildman–Crippen LogP) is 3.19. The van der Waals surface area contributed by atoms with Crippen LogP contribution in [0.3, 0.4) is 0 Å². The molecule has 0 aliphatic carbocycles. The molecule has 1 N–H and O–H groups in total. The zero-order valence-electron chi connectivity index (χ0n) is 11.6. The fraction of sp³-hybridized carbons (Fsp3) is 0.533. The molecule has 0 radical (unpaired) electrons. The molecule has 106 valence electrons. The smallest absolute Gasteiger partial charge is 0.219 e. The molecule has 19 heavy (non-hydrogen) atoms. The van der Waals surface area contributed by atoms with Crippen LogP contribution in [0.1, 0.15) is 25.7 Å². The van der Waals surface area contributed by atoms with Gasteiger partial charge in [0.2, 0.25) is 5.91 Å². The Morgan fingerprint density at radius 2 is 1.95 bits per heavy atom. The third kappa shape index (κ3) is 7.21. The molecule has 0 saturated heterocycles. The maximum absolute atomic E-state index is 11.5. The van der Waals surface area contributed by atoms with Crippen molar-refractivity contribution in [3.8, 4) is 0 Å². The SMILES string of the molecule is CN(CCCNC(=O)CCCCBr)c1ccccc1. The number of nitrogens with zero attached hydrogens (tertiary/aromatic N) is 1. The van der Waals surface area contributed by atoms with Crippen molar-refractivity contribution in [3.63, 3.8) is 0 Å². The first-order valence-corrected chi connectivity index (χ1v) is 7.95. The van der Waals surface area contributed by atoms with Crippen molar-refractivity contribution < 1.29 is 4.79 Å². The first-order chi connectivity index (χ1) is 9.24. The number of halogens is 1. The van der Waals surface area contributed by atoms with Gasteiger partial charge in [0.15, 0.2) is 0 Å². The Morgan fingerprint density at radius 3 is 2.63 bits per heavy atom. The van der Waals surface area contributed by atoms with E-state index >= 15 is 0 Å². The van der Waals surface area contributed by atoms with Crippen molar-refractivity contribution in [3.05, 3.63) is 30.3 Å². The average Bonchev–Trinajstić information content (AvgIpc) is 2.44. The van der Waals surface area contributed by atoms with Gasteiger partial charge in [0.05, 0.1) is 0 Å². The Bertz CT molecular complexity index is 356. The van der Waals surface area contributed by atoms with Gasteiger partial charge in [0.25, 0.3) is 0 Å². The van der Waals surface area contributed by atoms with Gasteiger partial charge in [-0.05, 0) is 31.4 Å². The van der Waals surface area contributed by atoms with Crippen LogP contribution in [0.4, 0.5) is 5.69 Å². The Kier molecular flexibility index (Phi) is 8.30. The summed E-state index contributed by atoms with van der Waals surface area (Å²) in [5, 5.41) is 3.94. The number of carbonyl (C=O) groups excluding carboxylic acids is 1. The van der Waals surface area contributed by atoms with E-state index in [9.17, 15) is 4.79 Å². The van der Waals surface area contributed by atoms with Crippen molar-refractivity contribution in [2.45, 2.75) is 25.7 Å². The highest BCUT2D eigenvalue weighted by molar-refractivity contribution is 9.09. The molecule has 4 heteroatoms. The first-order valence-electron chi connectivity index (χ1n) is 6.83. The van der Waals surface area contributed by atoms with Crippen LogP contribution in [0, 0.1) is 0 Å². The molecular formula is C15H23BrN2O. The van der Waals surface area contributed by atoms with E-state index in [2.05, 4.69) is 45.3 Å². The number of anilines is 1. The summed E-state index contributed by atoms with van der Waals surface area (Å²) in [7, 11) is 2.08. The molecule has 0 aliphatic rings. The highest BCUT2D eigenvalue weighted by atomic mass is 79.9. The molecule has 0 heterocycles. The quantitative estimate of drug-likeness (QED) is 0.558. The van der Waals surface area contributed by atoms with Crippen molar-refractivity contribution in [2.24, 2.45) is 0 Å². The number of alkyl halides is 1. The van der Waals surface area contributed by atoms with Gasteiger partial charge in [-0.15, -0.1) is 0 Å². The van der Waals surface area contributed by atoms with E-state index in [0.717, 1.165) is 37.7 Å².